The van der Waals surface area contributed by atoms with Crippen LogP contribution in [0.1, 0.15) is 44.5 Å². The van der Waals surface area contributed by atoms with Crippen LogP contribution in [-0.4, -0.2) is 20.0 Å². The average molecular weight is 432 g/mol. The van der Waals surface area contributed by atoms with Gasteiger partial charge in [0, 0.05) is 0 Å². The highest BCUT2D eigenvalue weighted by Crippen LogP contribution is 2.21. The lowest BCUT2D eigenvalue weighted by Gasteiger charge is -2.01. The first-order valence-corrected chi connectivity index (χ1v) is 9.74. The van der Waals surface area contributed by atoms with Gasteiger partial charge in [-0.1, -0.05) is 51.3 Å². The molecule has 1 heterocycles. The van der Waals surface area contributed by atoms with Gasteiger partial charge in [0.15, 0.2) is 0 Å². The third kappa shape index (κ3) is 9.67. The molecular formula is C15H33NOS5Si. The molecule has 0 aliphatic heterocycles. The zero-order valence-corrected chi connectivity index (χ0v) is 20.3. The number of thiazole rings is 1. The molecule has 1 aromatic carbocycles. The van der Waals surface area contributed by atoms with Crippen molar-refractivity contribution in [3.63, 3.8) is 0 Å². The highest BCUT2D eigenvalue weighted by molar-refractivity contribution is 7.59. The Morgan fingerprint density at radius 3 is 2.30 bits per heavy atom. The molecular weight excluding hydrogens is 399 g/mol. The van der Waals surface area contributed by atoms with Gasteiger partial charge in [-0.05, 0) is 24.1 Å². The number of fused-ring (bicyclic) bond motifs is 1. The van der Waals surface area contributed by atoms with Gasteiger partial charge in [0.25, 0.3) is 0 Å². The van der Waals surface area contributed by atoms with Crippen LogP contribution in [-0.2, 0) is 6.42 Å². The molecule has 0 radical (unpaired) electrons. The first-order chi connectivity index (χ1) is 8.85. The Morgan fingerprint density at radius 2 is 1.70 bits per heavy atom. The molecule has 0 bridgehead atoms. The van der Waals surface area contributed by atoms with Gasteiger partial charge in [-0.15, -0.1) is 11.3 Å². The Bertz CT molecular complexity index is 510. The smallest absolute Gasteiger partial charge is 0.0938 e. The van der Waals surface area contributed by atoms with Gasteiger partial charge in [-0.3, -0.25) is 0 Å². The molecule has 0 amide bonds. The topological polar surface area (TPSA) is 44.4 Å². The highest BCUT2D eigenvalue weighted by Gasteiger charge is 2.07. The summed E-state index contributed by atoms with van der Waals surface area (Å²) in [4.78, 5) is 4.85. The molecule has 0 fully saturated rings. The Morgan fingerprint density at radius 1 is 1.00 bits per heavy atom. The number of hydrogen-bond donors (Lipinski definition) is 0. The van der Waals surface area contributed by atoms with Crippen LogP contribution in [0.4, 0.5) is 0 Å². The van der Waals surface area contributed by atoms with E-state index in [4.69, 9.17) is 4.98 Å². The molecule has 2 nitrogen and oxygen atoms in total. The van der Waals surface area contributed by atoms with Crippen LogP contribution >= 0.6 is 65.3 Å². The fourth-order valence-corrected chi connectivity index (χ4v) is 5.35. The fraction of sp³-hybridized carbons (Fsp3) is 0.533. The van der Waals surface area contributed by atoms with Gasteiger partial charge in [0.2, 0.25) is 0 Å². The maximum atomic E-state index is 4.85. The Labute approximate surface area is 175 Å². The Kier molecular flexibility index (Phi) is 23.9. The van der Waals surface area contributed by atoms with E-state index < -0.39 is 0 Å². The van der Waals surface area contributed by atoms with E-state index in [1.54, 1.807) is 5.19 Å². The van der Waals surface area contributed by atoms with Crippen LogP contribution in [0.25, 0.3) is 10.2 Å². The highest BCUT2D eigenvalue weighted by atomic mass is 32.1. The van der Waals surface area contributed by atoms with Crippen LogP contribution in [0.15, 0.2) is 18.2 Å². The standard InChI is InChI=1S/C15H23NSSi.H2O.4H2S/c1-3-5-6-11-18-13-10-7-9-12-15(13)16-14(17-12)8-4-2;;;;;/h7,9-10H,3-6,8,11,18H2,1-2H3;5*1H2. The molecule has 0 aliphatic carbocycles. The van der Waals surface area contributed by atoms with Crippen molar-refractivity contribution >= 4 is 90.2 Å². The van der Waals surface area contributed by atoms with E-state index in [-0.39, 0.29) is 69.0 Å². The predicted molar refractivity (Wildman–Crippen MR) is 131 cm³/mol. The van der Waals surface area contributed by atoms with Gasteiger partial charge in [0.1, 0.15) is 0 Å². The number of aromatic nitrogens is 1. The van der Waals surface area contributed by atoms with E-state index in [1.807, 2.05) is 11.3 Å². The molecule has 0 saturated carbocycles. The van der Waals surface area contributed by atoms with Gasteiger partial charge >= 0.3 is 0 Å². The number of hydrogen-bond acceptors (Lipinski definition) is 2. The number of para-hydroxylation sites is 1. The first-order valence-electron chi connectivity index (χ1n) is 7.22. The molecule has 0 spiro atoms. The van der Waals surface area contributed by atoms with Gasteiger partial charge in [-0.2, -0.15) is 54.0 Å². The summed E-state index contributed by atoms with van der Waals surface area (Å²) in [5.74, 6) is 0. The predicted octanol–water partition coefficient (Wildman–Crippen LogP) is 3.28. The molecule has 23 heavy (non-hydrogen) atoms. The summed E-state index contributed by atoms with van der Waals surface area (Å²) in [5.41, 5.74) is 1.33. The third-order valence-electron chi connectivity index (χ3n) is 3.31. The number of aryl methyl sites for hydroxylation is 1. The lowest BCUT2D eigenvalue weighted by molar-refractivity contribution is 0.769. The van der Waals surface area contributed by atoms with Crippen LogP contribution in [0.5, 0.6) is 0 Å². The maximum Gasteiger partial charge on any atom is 0.0938 e. The molecule has 0 atom stereocenters. The van der Waals surface area contributed by atoms with E-state index in [0.717, 1.165) is 6.42 Å². The Balaban J connectivity index is -0.000000361. The van der Waals surface area contributed by atoms with Crippen LogP contribution in [0, 0.1) is 0 Å². The van der Waals surface area contributed by atoms with Gasteiger partial charge in [0.05, 0.1) is 24.7 Å². The summed E-state index contributed by atoms with van der Waals surface area (Å²) >= 11 is 1.89. The second-order valence-corrected chi connectivity index (χ2v) is 8.02. The fourth-order valence-electron chi connectivity index (χ4n) is 2.32. The number of benzene rings is 1. The van der Waals surface area contributed by atoms with Crippen molar-refractivity contribution in [3.8, 4) is 0 Å². The average Bonchev–Trinajstić information content (AvgIpc) is 2.78. The van der Waals surface area contributed by atoms with Crippen molar-refractivity contribution in [1.82, 2.24) is 4.98 Å². The van der Waals surface area contributed by atoms with Crippen molar-refractivity contribution in [2.24, 2.45) is 0 Å². The van der Waals surface area contributed by atoms with Gasteiger partial charge < -0.3 is 5.48 Å². The maximum absolute atomic E-state index is 4.85. The number of nitrogens with zero attached hydrogens (tertiary/aromatic N) is 1. The van der Waals surface area contributed by atoms with E-state index >= 15 is 0 Å². The monoisotopic (exact) mass is 431 g/mol. The van der Waals surface area contributed by atoms with Crippen LogP contribution < -0.4 is 5.19 Å². The first kappa shape index (κ1) is 31.5. The van der Waals surface area contributed by atoms with Crippen LogP contribution in [0.2, 0.25) is 6.04 Å². The van der Waals surface area contributed by atoms with Crippen molar-refractivity contribution in [2.75, 3.05) is 0 Å². The number of unbranched alkanes of at least 4 members (excludes halogenated alkanes) is 2. The summed E-state index contributed by atoms with van der Waals surface area (Å²) in [6.45, 7) is 4.51. The molecule has 0 aliphatic rings. The zero-order chi connectivity index (χ0) is 12.8. The molecule has 2 aromatic rings. The SMILES string of the molecule is CCCCC[SiH2]c1cccc2sc(CCC)nc12.O.S.S.S.S. The minimum absolute atomic E-state index is 0. The normalized spacial score (nSPS) is 9.30. The Hall–Kier alpha value is 0.687. The van der Waals surface area contributed by atoms with E-state index in [0.29, 0.717) is 0 Å². The molecule has 0 saturated heterocycles. The van der Waals surface area contributed by atoms with E-state index in [9.17, 15) is 0 Å². The second kappa shape index (κ2) is 17.5. The van der Waals surface area contributed by atoms with Gasteiger partial charge in [-0.25, -0.2) is 4.98 Å². The summed E-state index contributed by atoms with van der Waals surface area (Å²) < 4.78 is 1.40. The van der Waals surface area contributed by atoms with Crippen LogP contribution in [0.3, 0.4) is 0 Å². The summed E-state index contributed by atoms with van der Waals surface area (Å²) in [6, 6.07) is 8.21. The summed E-state index contributed by atoms with van der Waals surface area (Å²) in [7, 11) is -0.110. The van der Waals surface area contributed by atoms with E-state index in [2.05, 4.69) is 32.0 Å². The van der Waals surface area contributed by atoms with Crippen molar-refractivity contribution in [3.05, 3.63) is 23.2 Å². The van der Waals surface area contributed by atoms with Crippen molar-refractivity contribution in [2.45, 2.75) is 52.0 Å². The molecule has 2 N–H and O–H groups in total. The minimum Gasteiger partial charge on any atom is -0.412 e. The summed E-state index contributed by atoms with van der Waals surface area (Å²) in [6.07, 6.45) is 6.46. The minimum atomic E-state index is -0.110. The quantitative estimate of drug-likeness (QED) is 0.490. The molecule has 0 unspecified atom stereocenters. The second-order valence-electron chi connectivity index (χ2n) is 4.93. The van der Waals surface area contributed by atoms with Crippen molar-refractivity contribution in [1.29, 1.82) is 0 Å². The van der Waals surface area contributed by atoms with Crippen molar-refractivity contribution < 1.29 is 5.48 Å². The molecule has 2 rings (SSSR count). The largest absolute Gasteiger partial charge is 0.412 e. The molecule has 8 heteroatoms. The number of rotatable bonds is 7. The summed E-state index contributed by atoms with van der Waals surface area (Å²) in [5, 5.41) is 2.91. The lowest BCUT2D eigenvalue weighted by atomic mass is 10.3. The third-order valence-corrected chi connectivity index (χ3v) is 6.35. The zero-order valence-electron chi connectivity index (χ0n) is 14.0. The van der Waals surface area contributed by atoms with E-state index in [1.165, 1.54) is 47.0 Å². The lowest BCUT2D eigenvalue weighted by Crippen LogP contribution is -2.14. The molecule has 138 valence electrons. The molecule has 1 aromatic heterocycles.